The Morgan fingerprint density at radius 3 is 2.73 bits per heavy atom. The van der Waals surface area contributed by atoms with Gasteiger partial charge in [-0.3, -0.25) is 0 Å². The minimum Gasteiger partial charge on any atom is -0.356 e. The molecule has 30 heavy (non-hydrogen) atoms. The highest BCUT2D eigenvalue weighted by molar-refractivity contribution is 7.10. The molecule has 0 radical (unpaired) electrons. The number of rotatable bonds is 5. The van der Waals surface area contributed by atoms with E-state index in [2.05, 4.69) is 42.4 Å². The van der Waals surface area contributed by atoms with Gasteiger partial charge in [0.1, 0.15) is 22.8 Å². The maximum Gasteiger partial charge on any atom is 0.167 e. The Hall–Kier alpha value is -2.82. The lowest BCUT2D eigenvalue weighted by Gasteiger charge is -2.32. The Labute approximate surface area is 179 Å². The molecule has 0 bridgehead atoms. The van der Waals surface area contributed by atoms with Crippen molar-refractivity contribution >= 4 is 45.6 Å². The number of hydrogen-bond acceptors (Lipinski definition) is 8. The molecule has 0 amide bonds. The molecule has 0 aromatic carbocycles. The van der Waals surface area contributed by atoms with Gasteiger partial charge >= 0.3 is 0 Å². The molecule has 10 heteroatoms. The highest BCUT2D eigenvalue weighted by Gasteiger charge is 2.23. The molecule has 5 rings (SSSR count). The van der Waals surface area contributed by atoms with Gasteiger partial charge in [0.05, 0.1) is 36.3 Å². The van der Waals surface area contributed by atoms with Crippen molar-refractivity contribution in [3.63, 3.8) is 0 Å². The van der Waals surface area contributed by atoms with Crippen molar-refractivity contribution in [1.29, 1.82) is 0 Å². The van der Waals surface area contributed by atoms with E-state index in [1.54, 1.807) is 0 Å². The van der Waals surface area contributed by atoms with Gasteiger partial charge in [0.2, 0.25) is 0 Å². The summed E-state index contributed by atoms with van der Waals surface area (Å²) in [6.45, 7) is 3.96. The minimum absolute atomic E-state index is 0.576. The molecular weight excluding hydrogens is 398 g/mol. The standard InChI is InChI=1S/C20H25N9S/c1-13-8-19(30-26-13)24-18-9-17(28-6-4-15(21-2)5-7-28)25-20-16(11-23-29(18)20)14-10-22-27(3)12-14/h8-12,15,21,24H,4-7H2,1-3H3/p+1. The first kappa shape index (κ1) is 19.2. The summed E-state index contributed by atoms with van der Waals surface area (Å²) in [6.07, 6.45) is 8.05. The van der Waals surface area contributed by atoms with Crippen LogP contribution in [0.25, 0.3) is 11.2 Å². The summed E-state index contributed by atoms with van der Waals surface area (Å²) in [7, 11) is 4.04. The fraction of sp³-hybridized carbons (Fsp3) is 0.400. The van der Waals surface area contributed by atoms with Gasteiger partial charge in [0.15, 0.2) is 5.65 Å². The van der Waals surface area contributed by atoms with Crippen LogP contribution in [0.15, 0.2) is 29.6 Å². The molecule has 9 nitrogen and oxygen atoms in total. The number of aromatic nitrogens is 4. The van der Waals surface area contributed by atoms with Crippen molar-refractivity contribution in [3.05, 3.63) is 35.8 Å². The molecule has 5 heterocycles. The Morgan fingerprint density at radius 2 is 2.07 bits per heavy atom. The van der Waals surface area contributed by atoms with Gasteiger partial charge in [-0.05, 0) is 44.4 Å². The second kappa shape index (κ2) is 7.78. The van der Waals surface area contributed by atoms with E-state index in [0.717, 1.165) is 70.1 Å². The second-order valence-electron chi connectivity index (χ2n) is 7.80. The molecule has 2 aliphatic rings. The van der Waals surface area contributed by atoms with Crippen molar-refractivity contribution < 1.29 is 5.01 Å². The molecule has 3 N–H and O–H groups in total. The second-order valence-corrected chi connectivity index (χ2v) is 8.61. The van der Waals surface area contributed by atoms with Crippen molar-refractivity contribution in [1.82, 2.24) is 24.3 Å². The van der Waals surface area contributed by atoms with Crippen molar-refractivity contribution in [2.24, 2.45) is 5.10 Å². The SMILES string of the molecule is CNC1CCN(c2cc(Nc3cc(C)ns3)n3ncc(C4=C[NH+](C)N=C4)c3n2)CC1. The fourth-order valence-electron chi connectivity index (χ4n) is 3.97. The van der Waals surface area contributed by atoms with E-state index in [0.29, 0.717) is 6.04 Å². The van der Waals surface area contributed by atoms with E-state index >= 15 is 0 Å². The molecule has 1 atom stereocenters. The Kier molecular flexibility index (Phi) is 4.97. The number of piperidine rings is 1. The molecule has 1 saturated heterocycles. The molecular formula is C20H26N9S+. The van der Waals surface area contributed by atoms with Gasteiger partial charge in [0.25, 0.3) is 0 Å². The number of allylic oxidation sites excluding steroid dienone is 1. The molecule has 0 saturated carbocycles. The molecule has 0 spiro atoms. The largest absolute Gasteiger partial charge is 0.356 e. The number of nitrogens with zero attached hydrogens (tertiary/aromatic N) is 6. The van der Waals surface area contributed by atoms with E-state index in [-0.39, 0.29) is 0 Å². The van der Waals surface area contributed by atoms with Crippen LogP contribution in [-0.4, -0.2) is 58.4 Å². The molecule has 0 aliphatic carbocycles. The van der Waals surface area contributed by atoms with Gasteiger partial charge in [0, 0.05) is 25.2 Å². The van der Waals surface area contributed by atoms with E-state index in [9.17, 15) is 0 Å². The third kappa shape index (κ3) is 3.57. The smallest absolute Gasteiger partial charge is 0.167 e. The predicted molar refractivity (Wildman–Crippen MR) is 121 cm³/mol. The lowest BCUT2D eigenvalue weighted by molar-refractivity contribution is -0.828. The number of hydrogen-bond donors (Lipinski definition) is 3. The average Bonchev–Trinajstić information content (AvgIpc) is 3.48. The summed E-state index contributed by atoms with van der Waals surface area (Å²) in [5.41, 5.74) is 3.87. The molecule has 156 valence electrons. The molecule has 3 aromatic rings. The Morgan fingerprint density at radius 1 is 1.23 bits per heavy atom. The zero-order valence-electron chi connectivity index (χ0n) is 17.4. The summed E-state index contributed by atoms with van der Waals surface area (Å²) in [5.74, 6) is 1.86. The van der Waals surface area contributed by atoms with Crippen LogP contribution in [0.3, 0.4) is 0 Å². The Bertz CT molecular complexity index is 1120. The van der Waals surface area contributed by atoms with Crippen LogP contribution < -0.4 is 20.5 Å². The first-order chi connectivity index (χ1) is 14.6. The topological polar surface area (TPSA) is 87.2 Å². The first-order valence-corrected chi connectivity index (χ1v) is 11.0. The average molecular weight is 425 g/mol. The Balaban J connectivity index is 1.57. The van der Waals surface area contributed by atoms with Gasteiger partial charge in [-0.1, -0.05) is 5.10 Å². The van der Waals surface area contributed by atoms with Crippen LogP contribution in [0, 0.1) is 6.92 Å². The van der Waals surface area contributed by atoms with E-state index in [4.69, 9.17) is 4.98 Å². The van der Waals surface area contributed by atoms with Crippen LogP contribution in [0.5, 0.6) is 0 Å². The molecule has 1 unspecified atom stereocenters. The van der Waals surface area contributed by atoms with Crippen molar-refractivity contribution in [2.45, 2.75) is 25.8 Å². The van der Waals surface area contributed by atoms with Crippen LogP contribution in [0.4, 0.5) is 16.6 Å². The fourth-order valence-corrected chi connectivity index (χ4v) is 4.64. The van der Waals surface area contributed by atoms with Gasteiger partial charge in [-0.15, -0.1) is 0 Å². The third-order valence-electron chi connectivity index (χ3n) is 5.65. The normalized spacial score (nSPS) is 19.6. The van der Waals surface area contributed by atoms with Crippen LogP contribution in [0.1, 0.15) is 24.1 Å². The van der Waals surface area contributed by atoms with Crippen molar-refractivity contribution in [2.75, 3.05) is 37.4 Å². The van der Waals surface area contributed by atoms with Crippen LogP contribution in [0.2, 0.25) is 0 Å². The number of nitrogens with one attached hydrogen (secondary N) is 3. The molecule has 3 aromatic heterocycles. The highest BCUT2D eigenvalue weighted by Crippen LogP contribution is 2.29. The maximum absolute atomic E-state index is 5.03. The highest BCUT2D eigenvalue weighted by atomic mass is 32.1. The summed E-state index contributed by atoms with van der Waals surface area (Å²) < 4.78 is 6.26. The van der Waals surface area contributed by atoms with Gasteiger partial charge < -0.3 is 15.5 Å². The lowest BCUT2D eigenvalue weighted by atomic mass is 10.1. The predicted octanol–water partition coefficient (Wildman–Crippen LogP) is 1.28. The zero-order valence-corrected chi connectivity index (χ0v) is 18.2. The lowest BCUT2D eigenvalue weighted by Crippen LogP contribution is -2.97. The summed E-state index contributed by atoms with van der Waals surface area (Å²) in [4.78, 5) is 7.39. The maximum atomic E-state index is 5.03. The van der Waals surface area contributed by atoms with Crippen molar-refractivity contribution in [3.8, 4) is 0 Å². The zero-order chi connectivity index (χ0) is 20.7. The van der Waals surface area contributed by atoms with Gasteiger partial charge in [-0.2, -0.15) is 19.0 Å². The van der Waals surface area contributed by atoms with Crippen LogP contribution in [-0.2, 0) is 0 Å². The minimum atomic E-state index is 0.576. The van der Waals surface area contributed by atoms with E-state index in [1.807, 2.05) is 44.0 Å². The quantitative estimate of drug-likeness (QED) is 0.572. The summed E-state index contributed by atoms with van der Waals surface area (Å²) in [6, 6.07) is 4.71. The molecule has 1 fully saturated rings. The monoisotopic (exact) mass is 424 g/mol. The third-order valence-corrected chi connectivity index (χ3v) is 6.44. The number of anilines is 3. The van der Waals surface area contributed by atoms with Gasteiger partial charge in [-0.25, -0.2) is 4.98 Å². The van der Waals surface area contributed by atoms with E-state index < -0.39 is 0 Å². The summed E-state index contributed by atoms with van der Waals surface area (Å²) >= 11 is 1.45. The summed E-state index contributed by atoms with van der Waals surface area (Å²) in [5, 5.41) is 17.9. The number of aryl methyl sites for hydroxylation is 1. The first-order valence-electron chi connectivity index (χ1n) is 10.2. The number of quaternary nitrogens is 1. The van der Waals surface area contributed by atoms with Crippen LogP contribution >= 0.6 is 11.5 Å². The number of fused-ring (bicyclic) bond motifs is 1. The van der Waals surface area contributed by atoms with E-state index in [1.165, 1.54) is 11.5 Å². The molecule has 2 aliphatic heterocycles.